The second kappa shape index (κ2) is 9.01. The Balaban J connectivity index is 1.47. The van der Waals surface area contributed by atoms with E-state index in [0.717, 1.165) is 0 Å². The number of nitrogens with one attached hydrogen (secondary N) is 3. The fourth-order valence-corrected chi connectivity index (χ4v) is 3.59. The predicted octanol–water partition coefficient (Wildman–Crippen LogP) is 2.77. The van der Waals surface area contributed by atoms with E-state index < -0.39 is 5.82 Å². The Kier molecular flexibility index (Phi) is 6.46. The van der Waals surface area contributed by atoms with Crippen LogP contribution in [0.25, 0.3) is 0 Å². The van der Waals surface area contributed by atoms with Crippen LogP contribution in [0.3, 0.4) is 0 Å². The average molecular weight is 406 g/mol. The summed E-state index contributed by atoms with van der Waals surface area (Å²) in [5.41, 5.74) is 0.160. The van der Waals surface area contributed by atoms with Crippen LogP contribution < -0.4 is 16.2 Å². The lowest BCUT2D eigenvalue weighted by molar-refractivity contribution is -0.126. The quantitative estimate of drug-likeness (QED) is 0.714. The van der Waals surface area contributed by atoms with Gasteiger partial charge in [-0.15, -0.1) is 0 Å². The Labute approximate surface area is 166 Å². The standard InChI is InChI=1S/C20H21ClFN3O3/c21-15-3-1-4-16(22)14(15)11-23-19(27)12-7-9-13(10-8-12)24-20(28)17-5-2-6-18(26)25-17/h1-6,12-13H,7-11H2,(H,23,27)(H,24,28)(H,25,26). The van der Waals surface area contributed by atoms with Crippen LogP contribution in [0.4, 0.5) is 4.39 Å². The lowest BCUT2D eigenvalue weighted by Gasteiger charge is -2.28. The number of benzene rings is 1. The molecule has 1 saturated carbocycles. The van der Waals surface area contributed by atoms with Crippen LogP contribution in [0.5, 0.6) is 0 Å². The number of hydrogen-bond acceptors (Lipinski definition) is 3. The SMILES string of the molecule is O=C(NC1CCC(C(=O)NCc2c(F)cccc2Cl)CC1)c1cccc(=O)[nH]1. The highest BCUT2D eigenvalue weighted by molar-refractivity contribution is 6.31. The zero-order valence-corrected chi connectivity index (χ0v) is 15.9. The molecule has 2 aromatic rings. The van der Waals surface area contributed by atoms with E-state index in [1.807, 2.05) is 0 Å². The molecular formula is C20H21ClFN3O3. The average Bonchev–Trinajstić information content (AvgIpc) is 2.68. The van der Waals surface area contributed by atoms with E-state index in [4.69, 9.17) is 11.6 Å². The molecule has 1 aromatic carbocycles. The largest absolute Gasteiger partial charge is 0.352 e. The summed E-state index contributed by atoms with van der Waals surface area (Å²) in [7, 11) is 0. The Morgan fingerprint density at radius 2 is 1.82 bits per heavy atom. The number of aromatic nitrogens is 1. The number of halogens is 2. The third kappa shape index (κ3) is 4.98. The molecule has 0 radical (unpaired) electrons. The fourth-order valence-electron chi connectivity index (χ4n) is 3.36. The normalized spacial score (nSPS) is 19.1. The summed E-state index contributed by atoms with van der Waals surface area (Å²) in [6.07, 6.45) is 2.54. The molecule has 1 fully saturated rings. The molecule has 6 nitrogen and oxygen atoms in total. The van der Waals surface area contributed by atoms with Gasteiger partial charge in [-0.25, -0.2) is 4.39 Å². The minimum absolute atomic E-state index is 0.0440. The van der Waals surface area contributed by atoms with E-state index in [0.29, 0.717) is 25.7 Å². The van der Waals surface area contributed by atoms with Gasteiger partial charge in [0.15, 0.2) is 0 Å². The van der Waals surface area contributed by atoms with Gasteiger partial charge in [-0.05, 0) is 43.9 Å². The molecule has 1 aliphatic rings. The molecule has 0 aliphatic heterocycles. The molecule has 0 bridgehead atoms. The molecule has 0 unspecified atom stereocenters. The maximum Gasteiger partial charge on any atom is 0.268 e. The van der Waals surface area contributed by atoms with E-state index in [9.17, 15) is 18.8 Å². The summed E-state index contributed by atoms with van der Waals surface area (Å²) in [5.74, 6) is -1.11. The van der Waals surface area contributed by atoms with Crippen molar-refractivity contribution < 1.29 is 14.0 Å². The molecule has 148 valence electrons. The van der Waals surface area contributed by atoms with Gasteiger partial charge in [0.1, 0.15) is 11.5 Å². The van der Waals surface area contributed by atoms with Crippen molar-refractivity contribution in [3.63, 3.8) is 0 Å². The van der Waals surface area contributed by atoms with Crippen molar-refractivity contribution in [2.24, 2.45) is 5.92 Å². The van der Waals surface area contributed by atoms with Crippen molar-refractivity contribution in [1.29, 1.82) is 0 Å². The first kappa shape index (κ1) is 20.1. The smallest absolute Gasteiger partial charge is 0.268 e. The zero-order valence-electron chi connectivity index (χ0n) is 15.1. The number of carbonyl (C=O) groups excluding carboxylic acids is 2. The summed E-state index contributed by atoms with van der Waals surface area (Å²) >= 11 is 5.97. The molecule has 1 aliphatic carbocycles. The first-order chi connectivity index (χ1) is 13.4. The molecule has 1 heterocycles. The Hall–Kier alpha value is -2.67. The number of H-pyrrole nitrogens is 1. The summed E-state index contributed by atoms with van der Waals surface area (Å²) in [6, 6.07) is 8.77. The van der Waals surface area contributed by atoms with Crippen LogP contribution in [-0.4, -0.2) is 22.8 Å². The second-order valence-corrected chi connectivity index (χ2v) is 7.28. The van der Waals surface area contributed by atoms with Gasteiger partial charge in [-0.1, -0.05) is 23.7 Å². The van der Waals surface area contributed by atoms with Gasteiger partial charge in [0.05, 0.1) is 0 Å². The highest BCUT2D eigenvalue weighted by atomic mass is 35.5. The third-order valence-electron chi connectivity index (χ3n) is 4.95. The van der Waals surface area contributed by atoms with Crippen molar-refractivity contribution in [2.75, 3.05) is 0 Å². The van der Waals surface area contributed by atoms with E-state index in [1.165, 1.54) is 24.3 Å². The van der Waals surface area contributed by atoms with Crippen molar-refractivity contribution in [3.05, 3.63) is 68.8 Å². The molecule has 8 heteroatoms. The Bertz CT molecular complexity index is 903. The van der Waals surface area contributed by atoms with Gasteiger partial charge >= 0.3 is 0 Å². The molecule has 3 rings (SSSR count). The first-order valence-corrected chi connectivity index (χ1v) is 9.52. The van der Waals surface area contributed by atoms with Crippen LogP contribution in [0.2, 0.25) is 5.02 Å². The number of amides is 2. The molecule has 3 N–H and O–H groups in total. The van der Waals surface area contributed by atoms with Gasteiger partial charge in [-0.3, -0.25) is 14.4 Å². The first-order valence-electron chi connectivity index (χ1n) is 9.15. The molecule has 0 saturated heterocycles. The van der Waals surface area contributed by atoms with Crippen LogP contribution in [0, 0.1) is 11.7 Å². The lowest BCUT2D eigenvalue weighted by Crippen LogP contribution is -2.41. The molecular weight excluding hydrogens is 385 g/mol. The van der Waals surface area contributed by atoms with E-state index >= 15 is 0 Å². The minimum Gasteiger partial charge on any atom is -0.352 e. The number of carbonyl (C=O) groups is 2. The topological polar surface area (TPSA) is 91.1 Å². The number of hydrogen-bond donors (Lipinski definition) is 3. The van der Waals surface area contributed by atoms with Crippen molar-refractivity contribution in [3.8, 4) is 0 Å². The lowest BCUT2D eigenvalue weighted by atomic mass is 9.85. The van der Waals surface area contributed by atoms with Crippen LogP contribution in [0.1, 0.15) is 41.7 Å². The van der Waals surface area contributed by atoms with Crippen LogP contribution in [0.15, 0.2) is 41.2 Å². The van der Waals surface area contributed by atoms with Gasteiger partial charge in [0, 0.05) is 35.2 Å². The van der Waals surface area contributed by atoms with Crippen molar-refractivity contribution >= 4 is 23.4 Å². The summed E-state index contributed by atoms with van der Waals surface area (Å²) in [4.78, 5) is 38.4. The van der Waals surface area contributed by atoms with Gasteiger partial charge < -0.3 is 15.6 Å². The molecule has 0 spiro atoms. The summed E-state index contributed by atoms with van der Waals surface area (Å²) in [5, 5.41) is 5.92. The van der Waals surface area contributed by atoms with Crippen molar-refractivity contribution in [1.82, 2.24) is 15.6 Å². The molecule has 1 aromatic heterocycles. The van der Waals surface area contributed by atoms with E-state index in [-0.39, 0.29) is 52.2 Å². The Morgan fingerprint density at radius 3 is 2.50 bits per heavy atom. The highest BCUT2D eigenvalue weighted by Crippen LogP contribution is 2.25. The van der Waals surface area contributed by atoms with Gasteiger partial charge in [-0.2, -0.15) is 0 Å². The fraction of sp³-hybridized carbons (Fsp3) is 0.350. The van der Waals surface area contributed by atoms with Crippen LogP contribution >= 0.6 is 11.6 Å². The maximum atomic E-state index is 13.8. The zero-order chi connectivity index (χ0) is 20.1. The number of rotatable bonds is 5. The third-order valence-corrected chi connectivity index (χ3v) is 5.30. The molecule has 2 amide bonds. The molecule has 0 atom stereocenters. The van der Waals surface area contributed by atoms with Crippen LogP contribution in [-0.2, 0) is 11.3 Å². The number of aromatic amines is 1. The Morgan fingerprint density at radius 1 is 1.11 bits per heavy atom. The summed E-state index contributed by atoms with van der Waals surface area (Å²) in [6.45, 7) is 0.0440. The second-order valence-electron chi connectivity index (χ2n) is 6.87. The number of pyridine rings is 1. The molecule has 28 heavy (non-hydrogen) atoms. The summed E-state index contributed by atoms with van der Waals surface area (Å²) < 4.78 is 13.8. The van der Waals surface area contributed by atoms with Gasteiger partial charge in [0.25, 0.3) is 5.91 Å². The highest BCUT2D eigenvalue weighted by Gasteiger charge is 2.27. The monoisotopic (exact) mass is 405 g/mol. The minimum atomic E-state index is -0.446. The van der Waals surface area contributed by atoms with Crippen molar-refractivity contribution in [2.45, 2.75) is 38.3 Å². The van der Waals surface area contributed by atoms with E-state index in [2.05, 4.69) is 15.6 Å². The maximum absolute atomic E-state index is 13.8. The van der Waals surface area contributed by atoms with E-state index in [1.54, 1.807) is 12.1 Å². The van der Waals surface area contributed by atoms with Gasteiger partial charge in [0.2, 0.25) is 11.5 Å². The predicted molar refractivity (Wildman–Crippen MR) is 104 cm³/mol.